The summed E-state index contributed by atoms with van der Waals surface area (Å²) < 4.78 is 0. The Labute approximate surface area is 108 Å². The second-order valence-corrected chi connectivity index (χ2v) is 5.31. The van der Waals surface area contributed by atoms with Gasteiger partial charge < -0.3 is 10.7 Å². The van der Waals surface area contributed by atoms with E-state index < -0.39 is 0 Å². The molecule has 0 radical (unpaired) electrons. The Hall–Kier alpha value is -1.32. The van der Waals surface area contributed by atoms with E-state index in [0.29, 0.717) is 23.7 Å². The first kappa shape index (κ1) is 13.1. The minimum Gasteiger partial charge on any atom is -0.383 e. The Bertz CT molecular complexity index is 467. The van der Waals surface area contributed by atoms with Crippen molar-refractivity contribution in [3.63, 3.8) is 0 Å². The van der Waals surface area contributed by atoms with E-state index in [-0.39, 0.29) is 5.56 Å². The smallest absolute Gasteiger partial charge is 0.256 e. The molecule has 0 spiro atoms. The van der Waals surface area contributed by atoms with Crippen molar-refractivity contribution in [1.29, 1.82) is 0 Å². The normalized spacial score (nSPS) is 24.1. The van der Waals surface area contributed by atoms with Crippen LogP contribution in [0, 0.1) is 5.92 Å². The van der Waals surface area contributed by atoms with E-state index in [4.69, 9.17) is 5.73 Å². The number of hydrogen-bond donors (Lipinski definition) is 2. The van der Waals surface area contributed by atoms with Crippen LogP contribution in [0.3, 0.4) is 0 Å². The summed E-state index contributed by atoms with van der Waals surface area (Å²) >= 11 is 0. The van der Waals surface area contributed by atoms with Crippen molar-refractivity contribution < 1.29 is 0 Å². The maximum atomic E-state index is 11.9. The molecule has 18 heavy (non-hydrogen) atoms. The van der Waals surface area contributed by atoms with Crippen LogP contribution in [0.2, 0.25) is 0 Å². The summed E-state index contributed by atoms with van der Waals surface area (Å²) in [6.07, 6.45) is 6.62. The maximum absolute atomic E-state index is 11.9. The van der Waals surface area contributed by atoms with Crippen LogP contribution in [-0.2, 0) is 6.42 Å². The largest absolute Gasteiger partial charge is 0.383 e. The molecule has 3 N–H and O–H groups in total. The fourth-order valence-corrected chi connectivity index (χ4v) is 2.98. The zero-order valence-corrected chi connectivity index (χ0v) is 11.3. The van der Waals surface area contributed by atoms with Crippen LogP contribution in [0.5, 0.6) is 0 Å². The minimum absolute atomic E-state index is 0.0568. The molecule has 1 aromatic rings. The van der Waals surface area contributed by atoms with Crippen LogP contribution in [0.25, 0.3) is 0 Å². The lowest BCUT2D eigenvalue weighted by molar-refractivity contribution is 0.307. The van der Waals surface area contributed by atoms with Crippen molar-refractivity contribution in [3.05, 3.63) is 21.7 Å². The van der Waals surface area contributed by atoms with Gasteiger partial charge in [0.1, 0.15) is 11.6 Å². The van der Waals surface area contributed by atoms with Crippen molar-refractivity contribution >= 4 is 5.82 Å². The van der Waals surface area contributed by atoms with Crippen molar-refractivity contribution in [2.75, 3.05) is 5.73 Å². The third-order valence-electron chi connectivity index (χ3n) is 4.17. The van der Waals surface area contributed by atoms with E-state index in [9.17, 15) is 4.79 Å². The highest BCUT2D eigenvalue weighted by Gasteiger charge is 2.24. The average molecular weight is 249 g/mol. The SMILES string of the molecule is CCc1c(N)nc(C2CCCC(CC)C2)[nH]c1=O. The van der Waals surface area contributed by atoms with Crippen LogP contribution in [0.1, 0.15) is 63.3 Å². The molecule has 1 fully saturated rings. The highest BCUT2D eigenvalue weighted by molar-refractivity contribution is 5.37. The molecule has 0 bridgehead atoms. The van der Waals surface area contributed by atoms with E-state index in [2.05, 4.69) is 16.9 Å². The molecule has 2 rings (SSSR count). The van der Waals surface area contributed by atoms with Crippen LogP contribution in [0.15, 0.2) is 4.79 Å². The van der Waals surface area contributed by atoms with Gasteiger partial charge in [-0.15, -0.1) is 0 Å². The van der Waals surface area contributed by atoms with Crippen LogP contribution in [-0.4, -0.2) is 9.97 Å². The summed E-state index contributed by atoms with van der Waals surface area (Å²) in [6, 6.07) is 0. The van der Waals surface area contributed by atoms with E-state index in [1.807, 2.05) is 6.92 Å². The lowest BCUT2D eigenvalue weighted by Crippen LogP contribution is -2.23. The van der Waals surface area contributed by atoms with E-state index in [1.165, 1.54) is 19.3 Å². The number of aromatic nitrogens is 2. The number of aromatic amines is 1. The van der Waals surface area contributed by atoms with Crippen LogP contribution in [0.4, 0.5) is 5.82 Å². The summed E-state index contributed by atoms with van der Waals surface area (Å²) in [4.78, 5) is 19.3. The molecular formula is C14H23N3O. The Kier molecular flexibility index (Phi) is 4.04. The van der Waals surface area contributed by atoms with Gasteiger partial charge in [-0.3, -0.25) is 4.79 Å². The molecule has 1 aromatic heterocycles. The third kappa shape index (κ3) is 2.57. The number of anilines is 1. The number of nitrogens with one attached hydrogen (secondary N) is 1. The molecule has 2 atom stereocenters. The molecule has 2 unspecified atom stereocenters. The molecular weight excluding hydrogens is 226 g/mol. The van der Waals surface area contributed by atoms with E-state index >= 15 is 0 Å². The molecule has 1 saturated carbocycles. The van der Waals surface area contributed by atoms with Gasteiger partial charge in [-0.25, -0.2) is 4.98 Å². The first-order valence-corrected chi connectivity index (χ1v) is 7.04. The van der Waals surface area contributed by atoms with Crippen molar-refractivity contribution in [1.82, 2.24) is 9.97 Å². The highest BCUT2D eigenvalue weighted by atomic mass is 16.1. The predicted octanol–water partition coefficient (Wildman–Crippen LogP) is 2.60. The standard InChI is InChI=1S/C14H23N3O/c1-3-9-6-5-7-10(8-9)13-16-12(15)11(4-2)14(18)17-13/h9-10H,3-8H2,1-2H3,(H3,15,16,17,18). The molecule has 0 amide bonds. The van der Waals surface area contributed by atoms with Crippen molar-refractivity contribution in [2.45, 2.75) is 58.3 Å². The fourth-order valence-electron chi connectivity index (χ4n) is 2.98. The molecule has 100 valence electrons. The number of hydrogen-bond acceptors (Lipinski definition) is 3. The highest BCUT2D eigenvalue weighted by Crippen LogP contribution is 2.35. The van der Waals surface area contributed by atoms with Gasteiger partial charge in [0.2, 0.25) is 0 Å². The van der Waals surface area contributed by atoms with Gasteiger partial charge in [0, 0.05) is 5.92 Å². The summed E-state index contributed by atoms with van der Waals surface area (Å²) in [7, 11) is 0. The Morgan fingerprint density at radius 3 is 2.78 bits per heavy atom. The summed E-state index contributed by atoms with van der Waals surface area (Å²) in [5.74, 6) is 2.36. The number of nitrogen functional groups attached to an aromatic ring is 1. The topological polar surface area (TPSA) is 71.8 Å². The Balaban J connectivity index is 2.26. The average Bonchev–Trinajstić information content (AvgIpc) is 2.38. The van der Waals surface area contributed by atoms with E-state index in [0.717, 1.165) is 24.6 Å². The monoisotopic (exact) mass is 249 g/mol. The first-order valence-electron chi connectivity index (χ1n) is 7.04. The summed E-state index contributed by atoms with van der Waals surface area (Å²) in [5.41, 5.74) is 6.43. The maximum Gasteiger partial charge on any atom is 0.256 e. The Morgan fingerprint density at radius 2 is 2.17 bits per heavy atom. The first-order chi connectivity index (χ1) is 8.65. The zero-order chi connectivity index (χ0) is 13.1. The molecule has 0 saturated heterocycles. The molecule has 1 heterocycles. The third-order valence-corrected chi connectivity index (χ3v) is 4.17. The van der Waals surface area contributed by atoms with Crippen molar-refractivity contribution in [3.8, 4) is 0 Å². The molecule has 1 aliphatic carbocycles. The summed E-state index contributed by atoms with van der Waals surface area (Å²) in [6.45, 7) is 4.16. The molecule has 0 aromatic carbocycles. The predicted molar refractivity (Wildman–Crippen MR) is 73.6 cm³/mol. The van der Waals surface area contributed by atoms with Crippen molar-refractivity contribution in [2.24, 2.45) is 5.92 Å². The van der Waals surface area contributed by atoms with Gasteiger partial charge in [0.25, 0.3) is 5.56 Å². The number of rotatable bonds is 3. The lowest BCUT2D eigenvalue weighted by atomic mass is 9.80. The molecule has 1 aliphatic rings. The summed E-state index contributed by atoms with van der Waals surface area (Å²) in [5, 5.41) is 0. The van der Waals surface area contributed by atoms with Gasteiger partial charge in [0.15, 0.2) is 0 Å². The van der Waals surface area contributed by atoms with Crippen LogP contribution < -0.4 is 11.3 Å². The van der Waals surface area contributed by atoms with Crippen LogP contribution >= 0.6 is 0 Å². The van der Waals surface area contributed by atoms with E-state index in [1.54, 1.807) is 0 Å². The van der Waals surface area contributed by atoms with Gasteiger partial charge in [-0.1, -0.05) is 33.1 Å². The zero-order valence-electron chi connectivity index (χ0n) is 11.3. The fraction of sp³-hybridized carbons (Fsp3) is 0.714. The van der Waals surface area contributed by atoms with Gasteiger partial charge in [0.05, 0.1) is 5.56 Å². The second kappa shape index (κ2) is 5.55. The molecule has 4 nitrogen and oxygen atoms in total. The molecule has 4 heteroatoms. The second-order valence-electron chi connectivity index (χ2n) is 5.31. The van der Waals surface area contributed by atoms with Gasteiger partial charge in [-0.05, 0) is 25.2 Å². The number of nitrogens with zero attached hydrogens (tertiary/aromatic N) is 1. The number of H-pyrrole nitrogens is 1. The lowest BCUT2D eigenvalue weighted by Gasteiger charge is -2.27. The quantitative estimate of drug-likeness (QED) is 0.865. The van der Waals surface area contributed by atoms with Gasteiger partial charge in [-0.2, -0.15) is 0 Å². The molecule has 0 aliphatic heterocycles. The Morgan fingerprint density at radius 1 is 1.39 bits per heavy atom. The number of nitrogens with two attached hydrogens (primary N) is 1. The van der Waals surface area contributed by atoms with Gasteiger partial charge >= 0.3 is 0 Å². The minimum atomic E-state index is -0.0568.